The van der Waals surface area contributed by atoms with Crippen molar-refractivity contribution in [3.05, 3.63) is 18.5 Å². The molecule has 0 saturated carbocycles. The summed E-state index contributed by atoms with van der Waals surface area (Å²) in [6, 6.07) is 2.19. The Morgan fingerprint density at radius 3 is 2.61 bits per heavy atom. The SMILES string of the molecule is O=C(C1CCN(c2ncccn2)CC1)N1C[C@@H]2C[C@@H](C1)C1CCCC(=O)N1C2. The zero-order chi connectivity index (χ0) is 19.1. The van der Waals surface area contributed by atoms with Crippen LogP contribution in [0.3, 0.4) is 0 Å². The van der Waals surface area contributed by atoms with Crippen molar-refractivity contribution < 1.29 is 9.59 Å². The van der Waals surface area contributed by atoms with E-state index in [4.69, 9.17) is 0 Å². The van der Waals surface area contributed by atoms with Crippen molar-refractivity contribution >= 4 is 17.8 Å². The lowest BCUT2D eigenvalue weighted by atomic mass is 9.75. The van der Waals surface area contributed by atoms with Gasteiger partial charge < -0.3 is 14.7 Å². The minimum absolute atomic E-state index is 0.114. The van der Waals surface area contributed by atoms with Crippen LogP contribution in [0.1, 0.15) is 38.5 Å². The molecule has 4 fully saturated rings. The molecule has 0 aliphatic carbocycles. The van der Waals surface area contributed by atoms with Gasteiger partial charge in [-0.1, -0.05) is 0 Å². The second kappa shape index (κ2) is 7.33. The molecule has 1 aromatic heterocycles. The number of hydrogen-bond acceptors (Lipinski definition) is 5. The van der Waals surface area contributed by atoms with Gasteiger partial charge in [0.15, 0.2) is 0 Å². The number of rotatable bonds is 2. The first kappa shape index (κ1) is 17.9. The van der Waals surface area contributed by atoms with Gasteiger partial charge in [-0.15, -0.1) is 0 Å². The summed E-state index contributed by atoms with van der Waals surface area (Å²) < 4.78 is 0. The predicted molar refractivity (Wildman–Crippen MR) is 104 cm³/mol. The molecular weight excluding hydrogens is 354 g/mol. The first-order valence-electron chi connectivity index (χ1n) is 10.8. The van der Waals surface area contributed by atoms with E-state index in [9.17, 15) is 9.59 Å². The Morgan fingerprint density at radius 1 is 1.04 bits per heavy atom. The fourth-order valence-corrected chi connectivity index (χ4v) is 5.83. The van der Waals surface area contributed by atoms with E-state index in [1.807, 2.05) is 6.07 Å². The molecule has 0 N–H and O–H groups in total. The molecule has 4 aliphatic rings. The van der Waals surface area contributed by atoms with Gasteiger partial charge in [0.25, 0.3) is 0 Å². The van der Waals surface area contributed by atoms with Gasteiger partial charge in [-0.05, 0) is 50.0 Å². The van der Waals surface area contributed by atoms with Crippen LogP contribution in [0.25, 0.3) is 0 Å². The van der Waals surface area contributed by atoms with Crippen LogP contribution in [0.4, 0.5) is 5.95 Å². The van der Waals surface area contributed by atoms with Crippen LogP contribution in [0.5, 0.6) is 0 Å². The molecule has 1 aromatic rings. The van der Waals surface area contributed by atoms with Crippen LogP contribution in [-0.4, -0.2) is 70.3 Å². The normalized spacial score (nSPS) is 30.9. The average molecular weight is 383 g/mol. The van der Waals surface area contributed by atoms with Gasteiger partial charge >= 0.3 is 0 Å². The summed E-state index contributed by atoms with van der Waals surface area (Å²) in [5.41, 5.74) is 0. The Morgan fingerprint density at radius 2 is 1.82 bits per heavy atom. The van der Waals surface area contributed by atoms with Crippen LogP contribution >= 0.6 is 0 Å². The fraction of sp³-hybridized carbons (Fsp3) is 0.714. The summed E-state index contributed by atoms with van der Waals surface area (Å²) in [5, 5.41) is 0. The standard InChI is InChI=1S/C21H29N5O2/c27-19-4-1-3-18-17-11-15(13-26(18)19)12-25(14-17)20(28)16-5-9-24(10-6-16)21-22-7-2-8-23-21/h2,7-8,15-18H,1,3-6,9-14H2/t15-,17-,18?/m0/s1. The molecule has 2 bridgehead atoms. The van der Waals surface area contributed by atoms with Crippen molar-refractivity contribution in [1.82, 2.24) is 19.8 Å². The lowest BCUT2D eigenvalue weighted by Gasteiger charge is -2.52. The Hall–Kier alpha value is -2.18. The van der Waals surface area contributed by atoms with E-state index in [2.05, 4.69) is 24.7 Å². The molecule has 5 heterocycles. The van der Waals surface area contributed by atoms with Crippen molar-refractivity contribution in [3.8, 4) is 0 Å². The third kappa shape index (κ3) is 3.25. The molecule has 0 aromatic carbocycles. The number of aromatic nitrogens is 2. The lowest BCUT2D eigenvalue weighted by Crippen LogP contribution is -2.61. The molecule has 3 atom stereocenters. The van der Waals surface area contributed by atoms with Gasteiger partial charge in [0, 0.05) is 63.5 Å². The third-order valence-corrected chi connectivity index (χ3v) is 7.17. The highest BCUT2D eigenvalue weighted by Gasteiger charge is 2.45. The van der Waals surface area contributed by atoms with Gasteiger partial charge in [0.05, 0.1) is 0 Å². The Bertz CT molecular complexity index is 734. The van der Waals surface area contributed by atoms with E-state index < -0.39 is 0 Å². The first-order chi connectivity index (χ1) is 13.7. The summed E-state index contributed by atoms with van der Waals surface area (Å²) in [7, 11) is 0. The maximum atomic E-state index is 13.2. The maximum absolute atomic E-state index is 13.2. The zero-order valence-corrected chi connectivity index (χ0v) is 16.4. The second-order valence-electron chi connectivity index (χ2n) is 8.92. The number of likely N-dealkylation sites (tertiary alicyclic amines) is 1. The molecule has 1 unspecified atom stereocenters. The van der Waals surface area contributed by atoms with E-state index in [0.29, 0.717) is 36.1 Å². The van der Waals surface area contributed by atoms with E-state index in [0.717, 1.165) is 64.4 Å². The molecule has 4 aliphatic heterocycles. The van der Waals surface area contributed by atoms with Crippen molar-refractivity contribution in [1.29, 1.82) is 0 Å². The number of fused-ring (bicyclic) bond motifs is 4. The van der Waals surface area contributed by atoms with Crippen molar-refractivity contribution in [2.45, 2.75) is 44.6 Å². The summed E-state index contributed by atoms with van der Waals surface area (Å²) >= 11 is 0. The highest BCUT2D eigenvalue weighted by molar-refractivity contribution is 5.80. The van der Waals surface area contributed by atoms with Crippen LogP contribution in [0, 0.1) is 17.8 Å². The van der Waals surface area contributed by atoms with Gasteiger partial charge in [0.2, 0.25) is 17.8 Å². The number of carbonyl (C=O) groups excluding carboxylic acids is 2. The van der Waals surface area contributed by atoms with Crippen LogP contribution < -0.4 is 4.90 Å². The van der Waals surface area contributed by atoms with Gasteiger partial charge in [-0.2, -0.15) is 0 Å². The quantitative estimate of drug-likeness (QED) is 0.775. The molecule has 150 valence electrons. The largest absolute Gasteiger partial charge is 0.342 e. The number of nitrogens with zero attached hydrogens (tertiary/aromatic N) is 5. The maximum Gasteiger partial charge on any atom is 0.225 e. The molecule has 0 radical (unpaired) electrons. The summed E-state index contributed by atoms with van der Waals surface area (Å²) in [4.78, 5) is 40.7. The highest BCUT2D eigenvalue weighted by atomic mass is 16.2. The van der Waals surface area contributed by atoms with Gasteiger partial charge in [-0.3, -0.25) is 9.59 Å². The zero-order valence-electron chi connectivity index (χ0n) is 16.4. The van der Waals surface area contributed by atoms with Gasteiger partial charge in [0.1, 0.15) is 0 Å². The van der Waals surface area contributed by atoms with E-state index >= 15 is 0 Å². The van der Waals surface area contributed by atoms with Gasteiger partial charge in [-0.25, -0.2) is 9.97 Å². The minimum atomic E-state index is 0.114. The number of hydrogen-bond donors (Lipinski definition) is 0. The smallest absolute Gasteiger partial charge is 0.225 e. The summed E-state index contributed by atoms with van der Waals surface area (Å²) in [6.07, 6.45) is 9.30. The molecule has 28 heavy (non-hydrogen) atoms. The topological polar surface area (TPSA) is 69.6 Å². The lowest BCUT2D eigenvalue weighted by molar-refractivity contribution is -0.150. The van der Waals surface area contributed by atoms with E-state index in [1.165, 1.54) is 6.42 Å². The van der Waals surface area contributed by atoms with Crippen LogP contribution in [0.2, 0.25) is 0 Å². The number of anilines is 1. The predicted octanol–water partition coefficient (Wildman–Crippen LogP) is 1.55. The van der Waals surface area contributed by atoms with E-state index in [-0.39, 0.29) is 5.92 Å². The molecule has 7 heteroatoms. The van der Waals surface area contributed by atoms with E-state index in [1.54, 1.807) is 12.4 Å². The van der Waals surface area contributed by atoms with Crippen molar-refractivity contribution in [2.75, 3.05) is 37.6 Å². The molecule has 4 saturated heterocycles. The Balaban J connectivity index is 1.21. The fourth-order valence-electron chi connectivity index (χ4n) is 5.83. The number of piperidine rings is 4. The summed E-state index contributed by atoms with van der Waals surface area (Å²) in [5.74, 6) is 2.48. The number of carbonyl (C=O) groups is 2. The van der Waals surface area contributed by atoms with Crippen molar-refractivity contribution in [3.63, 3.8) is 0 Å². The molecule has 5 rings (SSSR count). The number of amides is 2. The third-order valence-electron chi connectivity index (χ3n) is 7.17. The van der Waals surface area contributed by atoms with Crippen LogP contribution in [-0.2, 0) is 9.59 Å². The Kier molecular flexibility index (Phi) is 4.69. The Labute approximate surface area is 166 Å². The molecule has 7 nitrogen and oxygen atoms in total. The molecule has 2 amide bonds. The van der Waals surface area contributed by atoms with Crippen LogP contribution in [0.15, 0.2) is 18.5 Å². The monoisotopic (exact) mass is 383 g/mol. The van der Waals surface area contributed by atoms with Crippen molar-refractivity contribution in [2.24, 2.45) is 17.8 Å². The highest BCUT2D eigenvalue weighted by Crippen LogP contribution is 2.38. The molecular formula is C21H29N5O2. The average Bonchev–Trinajstić information content (AvgIpc) is 2.75. The molecule has 0 spiro atoms. The first-order valence-corrected chi connectivity index (χ1v) is 10.8. The minimum Gasteiger partial charge on any atom is -0.342 e. The second-order valence-corrected chi connectivity index (χ2v) is 8.92. The summed E-state index contributed by atoms with van der Waals surface area (Å²) in [6.45, 7) is 4.20.